The Labute approximate surface area is 112 Å². The quantitative estimate of drug-likeness (QED) is 0.827. The van der Waals surface area contributed by atoms with Crippen molar-refractivity contribution in [3.8, 4) is 5.69 Å². The maximum Gasteiger partial charge on any atom is 0.256 e. The van der Waals surface area contributed by atoms with E-state index in [4.69, 9.17) is 0 Å². The molecule has 2 heterocycles. The highest BCUT2D eigenvalue weighted by molar-refractivity contribution is 5.98. The van der Waals surface area contributed by atoms with Crippen LogP contribution in [0.3, 0.4) is 0 Å². The summed E-state index contributed by atoms with van der Waals surface area (Å²) in [6, 6.07) is 9.47. The number of nitrogens with zero attached hydrogens (tertiary/aromatic N) is 3. The monoisotopic (exact) mass is 255 g/mol. The van der Waals surface area contributed by atoms with Gasteiger partial charge in [0, 0.05) is 24.5 Å². The predicted octanol–water partition coefficient (Wildman–Crippen LogP) is 2.50. The largest absolute Gasteiger partial charge is 0.333 e. The highest BCUT2D eigenvalue weighted by Gasteiger charge is 2.40. The summed E-state index contributed by atoms with van der Waals surface area (Å²) in [6.45, 7) is 5.04. The van der Waals surface area contributed by atoms with E-state index in [9.17, 15) is 4.79 Å². The average Bonchev–Trinajstić information content (AvgIpc) is 2.91. The number of hydrogen-bond donors (Lipinski definition) is 0. The zero-order valence-electron chi connectivity index (χ0n) is 11.2. The van der Waals surface area contributed by atoms with Gasteiger partial charge in [0.05, 0.1) is 11.3 Å². The zero-order chi connectivity index (χ0) is 13.5. The van der Waals surface area contributed by atoms with Crippen LogP contribution in [0.2, 0.25) is 0 Å². The Balaban J connectivity index is 2.00. The number of hydrogen-bond acceptors (Lipinski definition) is 2. The molecule has 19 heavy (non-hydrogen) atoms. The lowest BCUT2D eigenvalue weighted by Crippen LogP contribution is -2.58. The molecule has 4 nitrogen and oxygen atoms in total. The van der Waals surface area contributed by atoms with Crippen molar-refractivity contribution in [3.63, 3.8) is 0 Å². The molecule has 0 spiro atoms. The molecule has 0 radical (unpaired) electrons. The van der Waals surface area contributed by atoms with E-state index in [1.54, 1.807) is 10.9 Å². The van der Waals surface area contributed by atoms with Crippen LogP contribution in [0.25, 0.3) is 5.69 Å². The van der Waals surface area contributed by atoms with Crippen LogP contribution in [0.5, 0.6) is 0 Å². The Bertz CT molecular complexity index is 602. The summed E-state index contributed by atoms with van der Waals surface area (Å²) in [5.41, 5.74) is 1.51. The van der Waals surface area contributed by atoms with Gasteiger partial charge < -0.3 is 4.90 Å². The molecule has 1 amide bonds. The van der Waals surface area contributed by atoms with Gasteiger partial charge in [-0.3, -0.25) is 4.79 Å². The third-order valence-corrected chi connectivity index (χ3v) is 3.81. The van der Waals surface area contributed by atoms with Crippen molar-refractivity contribution in [2.45, 2.75) is 25.8 Å². The van der Waals surface area contributed by atoms with Crippen molar-refractivity contribution in [3.05, 3.63) is 48.3 Å². The van der Waals surface area contributed by atoms with Gasteiger partial charge in [-0.25, -0.2) is 4.68 Å². The van der Waals surface area contributed by atoms with Crippen LogP contribution in [0.1, 0.15) is 30.6 Å². The van der Waals surface area contributed by atoms with Crippen molar-refractivity contribution in [1.82, 2.24) is 14.7 Å². The van der Waals surface area contributed by atoms with Gasteiger partial charge in [-0.2, -0.15) is 5.10 Å². The van der Waals surface area contributed by atoms with Gasteiger partial charge in [0.1, 0.15) is 0 Å². The number of carbonyl (C=O) groups excluding carboxylic acids is 1. The van der Waals surface area contributed by atoms with Gasteiger partial charge in [0.25, 0.3) is 5.91 Å². The highest BCUT2D eigenvalue weighted by Crippen LogP contribution is 2.32. The van der Waals surface area contributed by atoms with Crippen LogP contribution in [-0.2, 0) is 0 Å². The van der Waals surface area contributed by atoms with E-state index in [1.807, 2.05) is 41.4 Å². The number of carbonyl (C=O) groups is 1. The third-order valence-electron chi connectivity index (χ3n) is 3.81. The van der Waals surface area contributed by atoms with Crippen molar-refractivity contribution in [1.29, 1.82) is 0 Å². The maximum absolute atomic E-state index is 12.6. The molecule has 0 saturated carbocycles. The Hall–Kier alpha value is -2.10. The SMILES string of the molecule is CC1(C)CCN1C(=O)c1ccccc1-n1cccn1. The lowest BCUT2D eigenvalue weighted by Gasteiger charge is -2.48. The molecule has 98 valence electrons. The molecule has 0 N–H and O–H groups in total. The number of likely N-dealkylation sites (tertiary alicyclic amines) is 1. The first-order chi connectivity index (χ1) is 9.09. The number of rotatable bonds is 2. The minimum Gasteiger partial charge on any atom is -0.333 e. The topological polar surface area (TPSA) is 38.1 Å². The number of amides is 1. The van der Waals surface area contributed by atoms with Crippen LogP contribution >= 0.6 is 0 Å². The van der Waals surface area contributed by atoms with E-state index >= 15 is 0 Å². The molecule has 0 atom stereocenters. The first kappa shape index (κ1) is 12.0. The number of aromatic nitrogens is 2. The van der Waals surface area contributed by atoms with Crippen molar-refractivity contribution >= 4 is 5.91 Å². The highest BCUT2D eigenvalue weighted by atomic mass is 16.2. The van der Waals surface area contributed by atoms with Crippen molar-refractivity contribution in [2.24, 2.45) is 0 Å². The maximum atomic E-state index is 12.6. The summed E-state index contributed by atoms with van der Waals surface area (Å²) in [7, 11) is 0. The average molecular weight is 255 g/mol. The number of benzene rings is 1. The Morgan fingerprint density at radius 2 is 2.05 bits per heavy atom. The van der Waals surface area contributed by atoms with E-state index in [1.165, 1.54) is 0 Å². The van der Waals surface area contributed by atoms with E-state index in [2.05, 4.69) is 18.9 Å². The van der Waals surface area contributed by atoms with E-state index < -0.39 is 0 Å². The van der Waals surface area contributed by atoms with Crippen LogP contribution in [0.15, 0.2) is 42.7 Å². The lowest BCUT2D eigenvalue weighted by atomic mass is 9.88. The standard InChI is InChI=1S/C15H17N3O/c1-15(2)8-11-17(15)14(19)12-6-3-4-7-13(12)18-10-5-9-16-18/h3-7,9-10H,8,11H2,1-2H3. The molecule has 0 bridgehead atoms. The normalized spacial score (nSPS) is 17.1. The van der Waals surface area contributed by atoms with E-state index in [0.29, 0.717) is 5.56 Å². The van der Waals surface area contributed by atoms with Gasteiger partial charge in [-0.05, 0) is 38.5 Å². The molecule has 1 fully saturated rings. The Morgan fingerprint density at radius 3 is 2.63 bits per heavy atom. The predicted molar refractivity (Wildman–Crippen MR) is 73.3 cm³/mol. The van der Waals surface area contributed by atoms with E-state index in [0.717, 1.165) is 18.7 Å². The van der Waals surface area contributed by atoms with Crippen LogP contribution in [0.4, 0.5) is 0 Å². The summed E-state index contributed by atoms with van der Waals surface area (Å²) >= 11 is 0. The molecule has 2 aromatic rings. The Kier molecular flexibility index (Phi) is 2.66. The molecule has 1 aromatic heterocycles. The molecule has 1 aromatic carbocycles. The molecule has 1 saturated heterocycles. The smallest absolute Gasteiger partial charge is 0.256 e. The molecule has 4 heteroatoms. The molecule has 0 aliphatic carbocycles. The summed E-state index contributed by atoms with van der Waals surface area (Å²) in [5.74, 6) is 0.0855. The minimum absolute atomic E-state index is 0.0334. The molecule has 1 aliphatic rings. The fourth-order valence-corrected chi connectivity index (χ4v) is 2.46. The van der Waals surface area contributed by atoms with Crippen molar-refractivity contribution < 1.29 is 4.79 Å². The summed E-state index contributed by atoms with van der Waals surface area (Å²) in [5, 5.41) is 4.21. The number of para-hydroxylation sites is 1. The molecule has 1 aliphatic heterocycles. The molecule has 3 rings (SSSR count). The van der Waals surface area contributed by atoms with Gasteiger partial charge in [-0.15, -0.1) is 0 Å². The van der Waals surface area contributed by atoms with Crippen LogP contribution in [-0.4, -0.2) is 32.7 Å². The van der Waals surface area contributed by atoms with Crippen LogP contribution in [0, 0.1) is 0 Å². The molecule has 0 unspecified atom stereocenters. The van der Waals surface area contributed by atoms with Gasteiger partial charge in [0.15, 0.2) is 0 Å². The summed E-state index contributed by atoms with van der Waals surface area (Å²) in [4.78, 5) is 14.6. The van der Waals surface area contributed by atoms with Gasteiger partial charge >= 0.3 is 0 Å². The fraction of sp³-hybridized carbons (Fsp3) is 0.333. The van der Waals surface area contributed by atoms with Gasteiger partial charge in [0.2, 0.25) is 0 Å². The van der Waals surface area contributed by atoms with Crippen LogP contribution < -0.4 is 0 Å². The lowest BCUT2D eigenvalue weighted by molar-refractivity contribution is 0.0157. The van der Waals surface area contributed by atoms with Crippen molar-refractivity contribution in [2.75, 3.05) is 6.54 Å². The minimum atomic E-state index is -0.0334. The second-order valence-corrected chi connectivity index (χ2v) is 5.49. The molecular weight excluding hydrogens is 238 g/mol. The van der Waals surface area contributed by atoms with Gasteiger partial charge in [-0.1, -0.05) is 12.1 Å². The second-order valence-electron chi connectivity index (χ2n) is 5.49. The summed E-state index contributed by atoms with van der Waals surface area (Å²) in [6.07, 6.45) is 4.63. The van der Waals surface area contributed by atoms with E-state index in [-0.39, 0.29) is 11.4 Å². The summed E-state index contributed by atoms with van der Waals surface area (Å²) < 4.78 is 1.74. The second kappa shape index (κ2) is 4.23. The fourth-order valence-electron chi connectivity index (χ4n) is 2.46. The zero-order valence-corrected chi connectivity index (χ0v) is 11.2. The molecular formula is C15H17N3O. The Morgan fingerprint density at radius 1 is 1.26 bits per heavy atom. The first-order valence-electron chi connectivity index (χ1n) is 6.51. The third kappa shape index (κ3) is 1.93. The first-order valence-corrected chi connectivity index (χ1v) is 6.51.